The van der Waals surface area contributed by atoms with Crippen LogP contribution in [0.4, 0.5) is 0 Å². The van der Waals surface area contributed by atoms with E-state index in [0.717, 1.165) is 27.8 Å². The van der Waals surface area contributed by atoms with Gasteiger partial charge in [0.1, 0.15) is 11.8 Å². The number of carbonyl (C=O) groups excluding carboxylic acids is 1. The molecular formula is C27H30BrN3O4S. The molecule has 4 rings (SSSR count). The van der Waals surface area contributed by atoms with Gasteiger partial charge in [0.2, 0.25) is 0 Å². The lowest BCUT2D eigenvalue weighted by molar-refractivity contribution is -0.139. The number of allylic oxidation sites excluding steroid dienone is 1. The normalized spacial score (nSPS) is 15.6. The summed E-state index contributed by atoms with van der Waals surface area (Å²) >= 11 is 4.88. The molecule has 3 heterocycles. The number of hydrogen-bond donors (Lipinski definition) is 0. The van der Waals surface area contributed by atoms with Gasteiger partial charge in [-0.3, -0.25) is 9.36 Å². The maximum Gasteiger partial charge on any atom is 0.338 e. The molecule has 0 N–H and O–H groups in total. The predicted molar refractivity (Wildman–Crippen MR) is 145 cm³/mol. The van der Waals surface area contributed by atoms with Crippen LogP contribution in [0.1, 0.15) is 55.2 Å². The van der Waals surface area contributed by atoms with E-state index in [0.29, 0.717) is 38.3 Å². The third-order valence-electron chi connectivity index (χ3n) is 6.48. The first kappa shape index (κ1) is 26.2. The second-order valence-electron chi connectivity index (χ2n) is 8.69. The van der Waals surface area contributed by atoms with Gasteiger partial charge in [0, 0.05) is 28.5 Å². The molecule has 0 spiro atoms. The lowest BCUT2D eigenvalue weighted by Gasteiger charge is -2.27. The molecule has 1 aliphatic rings. The Morgan fingerprint density at radius 2 is 2.00 bits per heavy atom. The zero-order valence-electron chi connectivity index (χ0n) is 21.3. The fourth-order valence-electron chi connectivity index (χ4n) is 4.51. The van der Waals surface area contributed by atoms with E-state index < -0.39 is 12.0 Å². The number of fused-ring (bicyclic) bond motifs is 1. The van der Waals surface area contributed by atoms with Crippen LogP contribution in [0.2, 0.25) is 0 Å². The number of thiazole rings is 1. The first-order valence-corrected chi connectivity index (χ1v) is 13.5. The number of methoxy groups -OCH3 is 1. The highest BCUT2D eigenvalue weighted by Gasteiger charge is 2.36. The van der Waals surface area contributed by atoms with Gasteiger partial charge >= 0.3 is 5.97 Å². The van der Waals surface area contributed by atoms with Crippen LogP contribution >= 0.6 is 27.3 Å². The zero-order chi connectivity index (χ0) is 26.1. The average Bonchev–Trinajstić information content (AvgIpc) is 3.28. The summed E-state index contributed by atoms with van der Waals surface area (Å²) in [7, 11) is 3.59. The van der Waals surface area contributed by atoms with Crippen molar-refractivity contribution in [2.24, 2.45) is 12.0 Å². The maximum absolute atomic E-state index is 13.9. The Morgan fingerprint density at radius 1 is 1.25 bits per heavy atom. The van der Waals surface area contributed by atoms with Crippen molar-refractivity contribution in [2.45, 2.75) is 46.6 Å². The summed E-state index contributed by atoms with van der Waals surface area (Å²) in [4.78, 5) is 32.6. The predicted octanol–water partition coefficient (Wildman–Crippen LogP) is 4.30. The van der Waals surface area contributed by atoms with E-state index in [1.165, 1.54) is 11.3 Å². The van der Waals surface area contributed by atoms with Gasteiger partial charge in [0.15, 0.2) is 4.80 Å². The van der Waals surface area contributed by atoms with Crippen LogP contribution in [-0.4, -0.2) is 28.8 Å². The number of esters is 1. The van der Waals surface area contributed by atoms with Gasteiger partial charge in [-0.2, -0.15) is 0 Å². The number of hydrogen-bond acceptors (Lipinski definition) is 6. The molecule has 1 aromatic carbocycles. The number of benzene rings is 1. The highest BCUT2D eigenvalue weighted by atomic mass is 79.9. The largest absolute Gasteiger partial charge is 0.496 e. The van der Waals surface area contributed by atoms with Crippen molar-refractivity contribution < 1.29 is 14.3 Å². The van der Waals surface area contributed by atoms with Crippen molar-refractivity contribution in [2.75, 3.05) is 13.7 Å². The number of rotatable bonds is 7. The average molecular weight is 573 g/mol. The van der Waals surface area contributed by atoms with Gasteiger partial charge < -0.3 is 14.0 Å². The Morgan fingerprint density at radius 3 is 2.61 bits per heavy atom. The summed E-state index contributed by atoms with van der Waals surface area (Å²) in [5, 5.41) is 0. The van der Waals surface area contributed by atoms with Crippen LogP contribution in [0.3, 0.4) is 0 Å². The third kappa shape index (κ3) is 4.62. The molecule has 7 nitrogen and oxygen atoms in total. The van der Waals surface area contributed by atoms with E-state index >= 15 is 0 Å². The Hall–Kier alpha value is -2.91. The second-order valence-corrected chi connectivity index (χ2v) is 10.6. The molecular weight excluding hydrogens is 542 g/mol. The number of aromatic nitrogens is 2. The first-order chi connectivity index (χ1) is 17.2. The maximum atomic E-state index is 13.9. The molecule has 36 heavy (non-hydrogen) atoms. The topological polar surface area (TPSA) is 74.8 Å². The summed E-state index contributed by atoms with van der Waals surface area (Å²) in [5.74, 6) is 0.104. The van der Waals surface area contributed by atoms with E-state index in [2.05, 4.69) is 26.6 Å². The monoisotopic (exact) mass is 571 g/mol. The molecule has 0 amide bonds. The molecule has 0 saturated carbocycles. The lowest BCUT2D eigenvalue weighted by atomic mass is 9.93. The summed E-state index contributed by atoms with van der Waals surface area (Å²) in [6.45, 7) is 8.10. The molecule has 1 aliphatic heterocycles. The van der Waals surface area contributed by atoms with Crippen LogP contribution in [0, 0.1) is 13.8 Å². The molecule has 1 atom stereocenters. The number of ether oxygens (including phenoxy) is 2. The Bertz CT molecular complexity index is 1540. The molecule has 0 fully saturated rings. The molecule has 2 aromatic heterocycles. The van der Waals surface area contributed by atoms with Crippen LogP contribution in [0.15, 0.2) is 49.8 Å². The molecule has 0 unspecified atom stereocenters. The quantitative estimate of drug-likeness (QED) is 0.396. The molecule has 0 radical (unpaired) electrons. The Balaban J connectivity index is 2.07. The van der Waals surface area contributed by atoms with Crippen molar-refractivity contribution in [3.05, 3.63) is 82.2 Å². The first-order valence-electron chi connectivity index (χ1n) is 11.9. The van der Waals surface area contributed by atoms with Crippen LogP contribution in [-0.2, 0) is 16.6 Å². The highest BCUT2D eigenvalue weighted by molar-refractivity contribution is 9.10. The number of carbonyl (C=O) groups is 1. The van der Waals surface area contributed by atoms with Crippen molar-refractivity contribution in [1.29, 1.82) is 0 Å². The number of nitrogens with zero attached hydrogens (tertiary/aromatic N) is 3. The van der Waals surface area contributed by atoms with Gasteiger partial charge in [0.05, 0.1) is 29.5 Å². The molecule has 190 valence electrons. The van der Waals surface area contributed by atoms with E-state index in [1.807, 2.05) is 52.1 Å². The fraction of sp³-hybridized carbons (Fsp3) is 0.370. The van der Waals surface area contributed by atoms with Gasteiger partial charge in [-0.25, -0.2) is 9.79 Å². The van der Waals surface area contributed by atoms with Crippen molar-refractivity contribution in [3.63, 3.8) is 0 Å². The van der Waals surface area contributed by atoms with Gasteiger partial charge in [-0.1, -0.05) is 40.6 Å². The van der Waals surface area contributed by atoms with Gasteiger partial charge in [-0.05, 0) is 63.1 Å². The van der Waals surface area contributed by atoms with Gasteiger partial charge in [-0.15, -0.1) is 0 Å². The second kappa shape index (κ2) is 10.6. The molecule has 0 aliphatic carbocycles. The minimum atomic E-state index is -0.727. The van der Waals surface area contributed by atoms with E-state index in [9.17, 15) is 9.59 Å². The summed E-state index contributed by atoms with van der Waals surface area (Å²) in [5.41, 5.74) is 4.67. The zero-order valence-corrected chi connectivity index (χ0v) is 23.7. The van der Waals surface area contributed by atoms with Crippen molar-refractivity contribution in [1.82, 2.24) is 9.13 Å². The molecule has 0 bridgehead atoms. The van der Waals surface area contributed by atoms with Crippen LogP contribution in [0.5, 0.6) is 5.75 Å². The minimum Gasteiger partial charge on any atom is -0.496 e. The van der Waals surface area contributed by atoms with E-state index in [1.54, 1.807) is 18.6 Å². The number of aryl methyl sites for hydroxylation is 1. The lowest BCUT2D eigenvalue weighted by Crippen LogP contribution is -2.40. The highest BCUT2D eigenvalue weighted by Crippen LogP contribution is 2.38. The fourth-order valence-corrected chi connectivity index (χ4v) is 5.90. The van der Waals surface area contributed by atoms with Crippen LogP contribution < -0.4 is 19.6 Å². The SMILES string of the molecule is CCCC1=C(C(=O)OCC)[C@@H](c2cc(Br)ccc2OC)n2c(s/c(=C/c3cc(C)n(C)c3C)c2=O)=N1. The smallest absolute Gasteiger partial charge is 0.338 e. The summed E-state index contributed by atoms with van der Waals surface area (Å²) in [6, 6.07) is 6.92. The van der Waals surface area contributed by atoms with Crippen molar-refractivity contribution >= 4 is 39.3 Å². The Labute approximate surface area is 222 Å². The van der Waals surface area contributed by atoms with Gasteiger partial charge in [0.25, 0.3) is 5.56 Å². The molecule has 9 heteroatoms. The summed E-state index contributed by atoms with van der Waals surface area (Å²) < 4.78 is 16.2. The van der Waals surface area contributed by atoms with Crippen molar-refractivity contribution in [3.8, 4) is 5.75 Å². The minimum absolute atomic E-state index is 0.205. The van der Waals surface area contributed by atoms with E-state index in [-0.39, 0.29) is 12.2 Å². The Kier molecular flexibility index (Phi) is 7.70. The standard InChI is InChI=1S/C27H30BrN3O4S/c1-7-9-20-23(26(33)35-8-2)24(19-14-18(28)10-11-21(19)34-6)31-25(32)22(36-27(31)29-20)13-17-12-15(3)30(5)16(17)4/h10-14,24H,7-9H2,1-6H3/b22-13+/t24-/m1/s1. The molecule has 3 aromatic rings. The van der Waals surface area contributed by atoms with E-state index in [4.69, 9.17) is 14.5 Å². The third-order valence-corrected chi connectivity index (χ3v) is 7.96. The van der Waals surface area contributed by atoms with Crippen LogP contribution in [0.25, 0.3) is 6.08 Å². The molecule has 0 saturated heterocycles. The number of halogens is 1. The summed E-state index contributed by atoms with van der Waals surface area (Å²) in [6.07, 6.45) is 3.29.